The number of ether oxygens (including phenoxy) is 1. The lowest BCUT2D eigenvalue weighted by Gasteiger charge is -2.11. The third-order valence-corrected chi connectivity index (χ3v) is 3.55. The Morgan fingerprint density at radius 1 is 1.38 bits per heavy atom. The van der Waals surface area contributed by atoms with Gasteiger partial charge in [0.2, 0.25) is 0 Å². The van der Waals surface area contributed by atoms with Crippen LogP contribution < -0.4 is 15.6 Å². The molecule has 2 rings (SSSR count). The van der Waals surface area contributed by atoms with Gasteiger partial charge in [0.15, 0.2) is 0 Å². The Labute approximate surface area is 128 Å². The fraction of sp³-hybridized carbons (Fsp3) is 0.333. The maximum Gasteiger partial charge on any atom is 0.287 e. The molecule has 112 valence electrons. The molecule has 0 atom stereocenters. The number of halogens is 1. The number of aryl methyl sites for hydroxylation is 1. The van der Waals surface area contributed by atoms with Gasteiger partial charge in [-0.1, -0.05) is 29.8 Å². The molecular formula is C15H18ClN3O2. The summed E-state index contributed by atoms with van der Waals surface area (Å²) in [4.78, 5) is 11.9. The van der Waals surface area contributed by atoms with E-state index in [1.54, 1.807) is 13.3 Å². The van der Waals surface area contributed by atoms with Gasteiger partial charge in [0.1, 0.15) is 10.8 Å². The number of nitrogens with zero attached hydrogens (tertiary/aromatic N) is 2. The molecule has 6 heteroatoms. The highest BCUT2D eigenvalue weighted by molar-refractivity contribution is 6.32. The van der Waals surface area contributed by atoms with Crippen molar-refractivity contribution in [1.29, 1.82) is 0 Å². The van der Waals surface area contributed by atoms with Gasteiger partial charge in [-0.25, -0.2) is 4.68 Å². The molecule has 0 bridgehead atoms. The Morgan fingerprint density at radius 2 is 2.14 bits per heavy atom. The lowest BCUT2D eigenvalue weighted by atomic mass is 10.1. The summed E-state index contributed by atoms with van der Waals surface area (Å²) in [6.07, 6.45) is 2.34. The Hall–Kier alpha value is -2.01. The average molecular weight is 308 g/mol. The molecule has 5 nitrogen and oxygen atoms in total. The first-order chi connectivity index (χ1) is 10.2. The highest BCUT2D eigenvalue weighted by Crippen LogP contribution is 2.19. The van der Waals surface area contributed by atoms with Crippen LogP contribution in [0.25, 0.3) is 0 Å². The fourth-order valence-electron chi connectivity index (χ4n) is 2.05. The summed E-state index contributed by atoms with van der Waals surface area (Å²) in [5, 5.41) is 7.36. The zero-order valence-corrected chi connectivity index (χ0v) is 12.9. The SMILES string of the molecule is CCn1ncc(NCCc2ccccc2OC)c(Cl)c1=O. The first-order valence-corrected chi connectivity index (χ1v) is 7.16. The molecule has 1 heterocycles. The molecule has 0 spiro atoms. The molecule has 1 aromatic carbocycles. The summed E-state index contributed by atoms with van der Waals surface area (Å²) in [7, 11) is 1.65. The normalized spacial score (nSPS) is 10.4. The average Bonchev–Trinajstić information content (AvgIpc) is 2.52. The Kier molecular flexibility index (Phi) is 5.22. The molecule has 1 aromatic heterocycles. The molecule has 0 unspecified atom stereocenters. The first kappa shape index (κ1) is 15.4. The summed E-state index contributed by atoms with van der Waals surface area (Å²) in [5.41, 5.74) is 1.38. The summed E-state index contributed by atoms with van der Waals surface area (Å²) in [6, 6.07) is 7.83. The molecule has 0 aliphatic carbocycles. The Bertz CT molecular complexity index is 670. The summed E-state index contributed by atoms with van der Waals surface area (Å²) >= 11 is 6.06. The maximum atomic E-state index is 11.9. The van der Waals surface area contributed by atoms with Crippen molar-refractivity contribution in [2.75, 3.05) is 19.0 Å². The lowest BCUT2D eigenvalue weighted by Crippen LogP contribution is -2.23. The largest absolute Gasteiger partial charge is 0.496 e. The number of methoxy groups -OCH3 is 1. The lowest BCUT2D eigenvalue weighted by molar-refractivity contribution is 0.410. The molecular weight excluding hydrogens is 290 g/mol. The van der Waals surface area contributed by atoms with Crippen molar-refractivity contribution in [3.63, 3.8) is 0 Å². The molecule has 0 aliphatic heterocycles. The van der Waals surface area contributed by atoms with Gasteiger partial charge >= 0.3 is 0 Å². The third kappa shape index (κ3) is 3.55. The van der Waals surface area contributed by atoms with Gasteiger partial charge in [-0.05, 0) is 25.0 Å². The van der Waals surface area contributed by atoms with Crippen LogP contribution in [0.5, 0.6) is 5.75 Å². The Balaban J connectivity index is 2.04. The number of hydrogen-bond acceptors (Lipinski definition) is 4. The third-order valence-electron chi connectivity index (χ3n) is 3.19. The maximum absolute atomic E-state index is 11.9. The van der Waals surface area contributed by atoms with E-state index in [0.717, 1.165) is 17.7 Å². The number of benzene rings is 1. The molecule has 0 amide bonds. The number of anilines is 1. The van der Waals surface area contributed by atoms with Crippen LogP contribution in [0.4, 0.5) is 5.69 Å². The van der Waals surface area contributed by atoms with E-state index in [1.165, 1.54) is 4.68 Å². The van der Waals surface area contributed by atoms with Gasteiger partial charge in [-0.2, -0.15) is 5.10 Å². The monoisotopic (exact) mass is 307 g/mol. The van der Waals surface area contributed by atoms with Crippen molar-refractivity contribution in [3.05, 3.63) is 51.4 Å². The quantitative estimate of drug-likeness (QED) is 0.891. The molecule has 1 N–H and O–H groups in total. The smallest absolute Gasteiger partial charge is 0.287 e. The van der Waals surface area contributed by atoms with Gasteiger partial charge < -0.3 is 10.1 Å². The molecule has 0 saturated carbocycles. The van der Waals surface area contributed by atoms with Crippen LogP contribution in [0.1, 0.15) is 12.5 Å². The van der Waals surface area contributed by atoms with Crippen LogP contribution >= 0.6 is 11.6 Å². The van der Waals surface area contributed by atoms with E-state index < -0.39 is 0 Å². The van der Waals surface area contributed by atoms with Crippen molar-refractivity contribution < 1.29 is 4.74 Å². The molecule has 21 heavy (non-hydrogen) atoms. The van der Waals surface area contributed by atoms with E-state index in [9.17, 15) is 4.79 Å². The van der Waals surface area contributed by atoms with E-state index in [0.29, 0.717) is 18.8 Å². The first-order valence-electron chi connectivity index (χ1n) is 6.78. The van der Waals surface area contributed by atoms with Gasteiger partial charge in [0.05, 0.1) is 19.0 Å². The minimum Gasteiger partial charge on any atom is -0.496 e. The van der Waals surface area contributed by atoms with E-state index >= 15 is 0 Å². The van der Waals surface area contributed by atoms with E-state index in [4.69, 9.17) is 16.3 Å². The number of aromatic nitrogens is 2. The van der Waals surface area contributed by atoms with Crippen molar-refractivity contribution in [2.45, 2.75) is 19.9 Å². The topological polar surface area (TPSA) is 56.1 Å². The summed E-state index contributed by atoms with van der Waals surface area (Å²) in [6.45, 7) is 2.98. The van der Waals surface area contributed by atoms with Crippen LogP contribution in [0, 0.1) is 0 Å². The number of rotatable bonds is 6. The highest BCUT2D eigenvalue weighted by atomic mass is 35.5. The molecule has 0 radical (unpaired) electrons. The van der Waals surface area contributed by atoms with Gasteiger partial charge in [-0.15, -0.1) is 0 Å². The van der Waals surface area contributed by atoms with E-state index in [1.807, 2.05) is 31.2 Å². The molecule has 0 saturated heterocycles. The standard InChI is InChI=1S/C15H18ClN3O2/c1-3-19-15(20)14(16)12(10-18-19)17-9-8-11-6-4-5-7-13(11)21-2/h4-7,10,17H,3,8-9H2,1-2H3. The van der Waals surface area contributed by atoms with Crippen molar-refractivity contribution >= 4 is 17.3 Å². The van der Waals surface area contributed by atoms with Crippen molar-refractivity contribution in [2.24, 2.45) is 0 Å². The van der Waals surface area contributed by atoms with Gasteiger partial charge in [-0.3, -0.25) is 4.79 Å². The predicted molar refractivity (Wildman–Crippen MR) is 84.4 cm³/mol. The van der Waals surface area contributed by atoms with E-state index in [2.05, 4.69) is 10.4 Å². The number of hydrogen-bond donors (Lipinski definition) is 1. The van der Waals surface area contributed by atoms with Crippen molar-refractivity contribution in [3.8, 4) is 5.75 Å². The van der Waals surface area contributed by atoms with Crippen LogP contribution in [0.3, 0.4) is 0 Å². The van der Waals surface area contributed by atoms with Crippen LogP contribution in [-0.2, 0) is 13.0 Å². The van der Waals surface area contributed by atoms with Crippen molar-refractivity contribution in [1.82, 2.24) is 9.78 Å². The Morgan fingerprint density at radius 3 is 2.86 bits per heavy atom. The summed E-state index contributed by atoms with van der Waals surface area (Å²) < 4.78 is 6.63. The highest BCUT2D eigenvalue weighted by Gasteiger charge is 2.08. The van der Waals surface area contributed by atoms with Gasteiger partial charge in [0.25, 0.3) is 5.56 Å². The van der Waals surface area contributed by atoms with Crippen LogP contribution in [0.15, 0.2) is 35.3 Å². The minimum absolute atomic E-state index is 0.173. The number of nitrogens with one attached hydrogen (secondary N) is 1. The minimum atomic E-state index is -0.276. The zero-order valence-electron chi connectivity index (χ0n) is 12.1. The van der Waals surface area contributed by atoms with E-state index in [-0.39, 0.29) is 10.6 Å². The number of para-hydroxylation sites is 1. The fourth-order valence-corrected chi connectivity index (χ4v) is 2.27. The predicted octanol–water partition coefficient (Wildman–Crippen LogP) is 2.58. The second kappa shape index (κ2) is 7.13. The second-order valence-electron chi connectivity index (χ2n) is 4.48. The second-order valence-corrected chi connectivity index (χ2v) is 4.86. The summed E-state index contributed by atoms with van der Waals surface area (Å²) in [5.74, 6) is 0.852. The van der Waals surface area contributed by atoms with Gasteiger partial charge in [0, 0.05) is 13.1 Å². The van der Waals surface area contributed by atoms with Crippen LogP contribution in [0.2, 0.25) is 5.02 Å². The molecule has 0 fully saturated rings. The molecule has 0 aliphatic rings. The zero-order chi connectivity index (χ0) is 15.2. The molecule has 2 aromatic rings. The van der Waals surface area contributed by atoms with Crippen LogP contribution in [-0.4, -0.2) is 23.4 Å².